The standard InChI is InChI=1S/C21H18Cl5N3O3/c22-12-7-11(8-13(23)9-12)17-18(21(17,25)26)20(31)27-14-1-2-16(24)15(10-14)19(30)28-29-3-5-32-6-4-29/h1-2,7-10,17-18H,3-6H2,(H,27,31)(H,28,30)/t17-,18+/m0/s1. The maximum atomic E-state index is 12.9. The van der Waals surface area contributed by atoms with E-state index in [-0.39, 0.29) is 16.5 Å². The third-order valence-corrected chi connectivity index (χ3v) is 7.04. The molecule has 2 N–H and O–H groups in total. The van der Waals surface area contributed by atoms with E-state index in [1.165, 1.54) is 6.07 Å². The first-order valence-electron chi connectivity index (χ1n) is 9.74. The maximum Gasteiger partial charge on any atom is 0.267 e. The van der Waals surface area contributed by atoms with Gasteiger partial charge in [-0.05, 0) is 42.0 Å². The van der Waals surface area contributed by atoms with Crippen molar-refractivity contribution in [3.63, 3.8) is 0 Å². The zero-order valence-electron chi connectivity index (χ0n) is 16.5. The van der Waals surface area contributed by atoms with Gasteiger partial charge in [0.1, 0.15) is 4.33 Å². The molecule has 0 spiro atoms. The summed E-state index contributed by atoms with van der Waals surface area (Å²) in [6.07, 6.45) is 0. The van der Waals surface area contributed by atoms with Gasteiger partial charge < -0.3 is 10.1 Å². The number of nitrogens with zero attached hydrogens (tertiary/aromatic N) is 1. The quantitative estimate of drug-likeness (QED) is 0.518. The molecule has 0 aromatic heterocycles. The Bertz CT molecular complexity index is 1040. The van der Waals surface area contributed by atoms with E-state index in [4.69, 9.17) is 62.7 Å². The molecule has 6 nitrogen and oxygen atoms in total. The van der Waals surface area contributed by atoms with E-state index < -0.39 is 22.1 Å². The smallest absolute Gasteiger partial charge is 0.267 e. The largest absolute Gasteiger partial charge is 0.379 e. The average Bonchev–Trinajstić information content (AvgIpc) is 3.31. The number of halogens is 5. The first-order valence-corrected chi connectivity index (χ1v) is 11.6. The Balaban J connectivity index is 1.47. The summed E-state index contributed by atoms with van der Waals surface area (Å²) in [5, 5.41) is 5.64. The molecule has 0 radical (unpaired) electrons. The van der Waals surface area contributed by atoms with Gasteiger partial charge in [0.25, 0.3) is 5.91 Å². The number of carbonyl (C=O) groups is 2. The van der Waals surface area contributed by atoms with Gasteiger partial charge in [-0.2, -0.15) is 0 Å². The van der Waals surface area contributed by atoms with Crippen LogP contribution in [0.2, 0.25) is 15.1 Å². The van der Waals surface area contributed by atoms with Gasteiger partial charge in [-0.1, -0.05) is 34.8 Å². The summed E-state index contributed by atoms with van der Waals surface area (Å²) in [6, 6.07) is 9.60. The molecule has 2 aliphatic rings. The highest BCUT2D eigenvalue weighted by Gasteiger charge is 2.67. The number of hydrogen-bond donors (Lipinski definition) is 2. The minimum atomic E-state index is -1.30. The van der Waals surface area contributed by atoms with Crippen molar-refractivity contribution in [2.24, 2.45) is 5.92 Å². The van der Waals surface area contributed by atoms with Gasteiger partial charge in [-0.25, -0.2) is 5.01 Å². The molecule has 2 fully saturated rings. The van der Waals surface area contributed by atoms with Gasteiger partial charge in [-0.3, -0.25) is 15.0 Å². The van der Waals surface area contributed by atoms with Gasteiger partial charge in [0.05, 0.1) is 29.7 Å². The average molecular weight is 538 g/mol. The van der Waals surface area contributed by atoms with Crippen LogP contribution in [-0.2, 0) is 9.53 Å². The van der Waals surface area contributed by atoms with Crippen molar-refractivity contribution in [2.45, 2.75) is 10.3 Å². The fourth-order valence-corrected chi connectivity index (χ4v) is 5.27. The van der Waals surface area contributed by atoms with Crippen LogP contribution in [0.15, 0.2) is 36.4 Å². The van der Waals surface area contributed by atoms with Gasteiger partial charge in [-0.15, -0.1) is 23.2 Å². The molecule has 1 aliphatic carbocycles. The molecule has 1 heterocycles. The Kier molecular flexibility index (Phi) is 7.13. The SMILES string of the molecule is O=C(NN1CCOCC1)c1cc(NC(=O)[C@H]2[C@H](c3cc(Cl)cc(Cl)c3)C2(Cl)Cl)ccc1Cl. The third-order valence-electron chi connectivity index (χ3n) is 5.33. The highest BCUT2D eigenvalue weighted by atomic mass is 35.5. The molecular formula is C21H18Cl5N3O3. The van der Waals surface area contributed by atoms with Crippen LogP contribution in [-0.4, -0.2) is 47.5 Å². The molecule has 11 heteroatoms. The zero-order valence-corrected chi connectivity index (χ0v) is 20.3. The Morgan fingerprint density at radius 2 is 1.66 bits per heavy atom. The molecule has 2 aromatic carbocycles. The number of benzene rings is 2. The molecule has 2 aromatic rings. The fraction of sp³-hybridized carbons (Fsp3) is 0.333. The van der Waals surface area contributed by atoms with Crippen molar-refractivity contribution >= 4 is 75.5 Å². The predicted molar refractivity (Wildman–Crippen MR) is 127 cm³/mol. The van der Waals surface area contributed by atoms with E-state index in [0.29, 0.717) is 47.6 Å². The molecule has 1 saturated carbocycles. The van der Waals surface area contributed by atoms with Crippen molar-refractivity contribution < 1.29 is 14.3 Å². The number of nitrogens with one attached hydrogen (secondary N) is 2. The maximum absolute atomic E-state index is 12.9. The molecule has 0 unspecified atom stereocenters. The molecular weight excluding hydrogens is 520 g/mol. The van der Waals surface area contributed by atoms with Crippen LogP contribution in [0.3, 0.4) is 0 Å². The van der Waals surface area contributed by atoms with E-state index >= 15 is 0 Å². The van der Waals surface area contributed by atoms with Crippen LogP contribution >= 0.6 is 58.0 Å². The zero-order chi connectivity index (χ0) is 23.0. The Morgan fingerprint density at radius 3 is 2.31 bits per heavy atom. The van der Waals surface area contributed by atoms with E-state index in [9.17, 15) is 9.59 Å². The first-order chi connectivity index (χ1) is 15.2. The number of amides is 2. The highest BCUT2D eigenvalue weighted by molar-refractivity contribution is 6.53. The highest BCUT2D eigenvalue weighted by Crippen LogP contribution is 2.65. The Morgan fingerprint density at radius 1 is 1.00 bits per heavy atom. The normalized spacial score (nSPS) is 22.3. The summed E-state index contributed by atoms with van der Waals surface area (Å²) in [5.74, 6) is -1.96. The number of hydrogen-bond acceptors (Lipinski definition) is 4. The number of alkyl halides is 2. The van der Waals surface area contributed by atoms with Crippen molar-refractivity contribution in [3.05, 3.63) is 62.6 Å². The minimum Gasteiger partial charge on any atom is -0.379 e. The lowest BCUT2D eigenvalue weighted by Crippen LogP contribution is -2.48. The van der Waals surface area contributed by atoms with Crippen molar-refractivity contribution in [3.8, 4) is 0 Å². The predicted octanol–water partition coefficient (Wildman–Crippen LogP) is 5.15. The number of morpholine rings is 1. The van der Waals surface area contributed by atoms with E-state index in [1.807, 2.05) is 0 Å². The molecule has 0 bridgehead atoms. The second-order valence-corrected chi connectivity index (χ2v) is 10.3. The molecule has 2 atom stereocenters. The first kappa shape index (κ1) is 23.9. The van der Waals surface area contributed by atoms with Crippen molar-refractivity contribution in [1.82, 2.24) is 10.4 Å². The number of carbonyl (C=O) groups excluding carboxylic acids is 2. The molecule has 1 aliphatic heterocycles. The lowest BCUT2D eigenvalue weighted by atomic mass is 10.1. The van der Waals surface area contributed by atoms with E-state index in [0.717, 1.165) is 0 Å². The summed E-state index contributed by atoms with van der Waals surface area (Å²) >= 11 is 31.2. The van der Waals surface area contributed by atoms with Gasteiger partial charge in [0.2, 0.25) is 5.91 Å². The summed E-state index contributed by atoms with van der Waals surface area (Å²) in [6.45, 7) is 2.21. The Hall–Kier alpha value is -1.25. The summed E-state index contributed by atoms with van der Waals surface area (Å²) < 4.78 is 3.97. The third kappa shape index (κ3) is 5.12. The van der Waals surface area contributed by atoms with Gasteiger partial charge in [0, 0.05) is 34.7 Å². The topological polar surface area (TPSA) is 70.7 Å². The van der Waals surface area contributed by atoms with Crippen LogP contribution in [0, 0.1) is 5.92 Å². The van der Waals surface area contributed by atoms with E-state index in [2.05, 4.69) is 10.7 Å². The number of anilines is 1. The lowest BCUT2D eigenvalue weighted by molar-refractivity contribution is -0.117. The molecule has 1 saturated heterocycles. The van der Waals surface area contributed by atoms with Crippen LogP contribution in [0.5, 0.6) is 0 Å². The summed E-state index contributed by atoms with van der Waals surface area (Å²) in [4.78, 5) is 25.6. The summed E-state index contributed by atoms with van der Waals surface area (Å²) in [5.41, 5.74) is 4.09. The van der Waals surface area contributed by atoms with Crippen LogP contribution in [0.4, 0.5) is 5.69 Å². The minimum absolute atomic E-state index is 0.230. The second kappa shape index (κ2) is 9.55. The molecule has 2 amide bonds. The van der Waals surface area contributed by atoms with E-state index in [1.54, 1.807) is 35.3 Å². The van der Waals surface area contributed by atoms with Crippen molar-refractivity contribution in [1.29, 1.82) is 0 Å². The number of ether oxygens (including phenoxy) is 1. The number of rotatable bonds is 5. The van der Waals surface area contributed by atoms with Gasteiger partial charge >= 0.3 is 0 Å². The monoisotopic (exact) mass is 535 g/mol. The lowest BCUT2D eigenvalue weighted by Gasteiger charge is -2.27. The van der Waals surface area contributed by atoms with Gasteiger partial charge in [0.15, 0.2) is 0 Å². The molecule has 32 heavy (non-hydrogen) atoms. The Labute approximate surface area is 210 Å². The number of hydrazine groups is 1. The van der Waals surface area contributed by atoms with Crippen LogP contribution in [0.25, 0.3) is 0 Å². The fourth-order valence-electron chi connectivity index (χ4n) is 3.70. The molecule has 4 rings (SSSR count). The van der Waals surface area contributed by atoms with Crippen LogP contribution in [0.1, 0.15) is 21.8 Å². The van der Waals surface area contributed by atoms with Crippen molar-refractivity contribution in [2.75, 3.05) is 31.6 Å². The second-order valence-electron chi connectivity index (χ2n) is 7.56. The summed E-state index contributed by atoms with van der Waals surface area (Å²) in [7, 11) is 0. The molecule has 170 valence electrons. The van der Waals surface area contributed by atoms with Crippen LogP contribution < -0.4 is 10.7 Å².